The molecule has 4 nitrogen and oxygen atoms in total. The van der Waals surface area contributed by atoms with Gasteiger partial charge in [-0.15, -0.1) is 0 Å². The molecule has 1 aromatic carbocycles. The second-order valence-electron chi connectivity index (χ2n) is 3.20. The molecule has 0 amide bonds. The lowest BCUT2D eigenvalue weighted by molar-refractivity contribution is -0.107. The highest BCUT2D eigenvalue weighted by atomic mass is 32.2. The van der Waals surface area contributed by atoms with Crippen molar-refractivity contribution in [2.24, 2.45) is 0 Å². The Hall–Kier alpha value is -1.75. The molecule has 0 aliphatic rings. The van der Waals surface area contributed by atoms with Gasteiger partial charge in [-0.2, -0.15) is 0 Å². The maximum atomic E-state index is 11.3. The highest BCUT2D eigenvalue weighted by Gasteiger charge is 2.00. The zero-order valence-corrected chi connectivity index (χ0v) is 9.81. The van der Waals surface area contributed by atoms with Crippen molar-refractivity contribution in [3.05, 3.63) is 29.8 Å². The molecule has 5 heteroatoms. The van der Waals surface area contributed by atoms with Crippen LogP contribution in [0.5, 0.6) is 11.5 Å². The SMILES string of the molecule is O=CCCSC(=O)/C=C/c1ccc(O)c(O)c1. The van der Waals surface area contributed by atoms with Gasteiger partial charge in [-0.25, -0.2) is 0 Å². The fourth-order valence-electron chi connectivity index (χ4n) is 1.06. The molecule has 0 heterocycles. The highest BCUT2D eigenvalue weighted by Crippen LogP contribution is 2.25. The van der Waals surface area contributed by atoms with E-state index in [0.29, 0.717) is 17.7 Å². The molecular weight excluding hydrogens is 240 g/mol. The first-order valence-corrected chi connectivity index (χ1v) is 5.92. The third kappa shape index (κ3) is 4.74. The van der Waals surface area contributed by atoms with Gasteiger partial charge in [0.1, 0.15) is 6.29 Å². The van der Waals surface area contributed by atoms with Crippen LogP contribution in [0.15, 0.2) is 24.3 Å². The first kappa shape index (κ1) is 13.3. The van der Waals surface area contributed by atoms with E-state index in [4.69, 9.17) is 5.11 Å². The molecule has 1 aromatic rings. The van der Waals surface area contributed by atoms with Crippen LogP contribution in [0.2, 0.25) is 0 Å². The van der Waals surface area contributed by atoms with E-state index in [9.17, 15) is 14.7 Å². The number of thioether (sulfide) groups is 1. The second kappa shape index (κ2) is 6.75. The molecule has 0 atom stereocenters. The predicted molar refractivity (Wildman–Crippen MR) is 67.0 cm³/mol. The van der Waals surface area contributed by atoms with Crippen LogP contribution in [0, 0.1) is 0 Å². The van der Waals surface area contributed by atoms with Crippen molar-refractivity contribution in [3.8, 4) is 11.5 Å². The molecule has 0 saturated heterocycles. The number of phenols is 2. The lowest BCUT2D eigenvalue weighted by Gasteiger charge is -1.98. The number of hydrogen-bond donors (Lipinski definition) is 2. The monoisotopic (exact) mass is 252 g/mol. The minimum atomic E-state index is -0.229. The van der Waals surface area contributed by atoms with Crippen molar-refractivity contribution in [2.75, 3.05) is 5.75 Å². The molecule has 0 radical (unpaired) electrons. The molecule has 0 bridgehead atoms. The molecule has 0 fully saturated rings. The van der Waals surface area contributed by atoms with E-state index in [1.165, 1.54) is 24.3 Å². The summed E-state index contributed by atoms with van der Waals surface area (Å²) in [6.45, 7) is 0. The topological polar surface area (TPSA) is 74.6 Å². The quantitative estimate of drug-likeness (QED) is 0.362. The zero-order chi connectivity index (χ0) is 12.7. The van der Waals surface area contributed by atoms with E-state index >= 15 is 0 Å². The van der Waals surface area contributed by atoms with Gasteiger partial charge >= 0.3 is 0 Å². The largest absolute Gasteiger partial charge is 0.504 e. The van der Waals surface area contributed by atoms with E-state index < -0.39 is 0 Å². The van der Waals surface area contributed by atoms with Gasteiger partial charge in [0.2, 0.25) is 5.12 Å². The first-order chi connectivity index (χ1) is 8.13. The molecule has 0 spiro atoms. The fraction of sp³-hybridized carbons (Fsp3) is 0.167. The Morgan fingerprint density at radius 1 is 1.29 bits per heavy atom. The van der Waals surface area contributed by atoms with Gasteiger partial charge in [0.25, 0.3) is 0 Å². The molecule has 2 N–H and O–H groups in total. The second-order valence-corrected chi connectivity index (χ2v) is 4.30. The van der Waals surface area contributed by atoms with Gasteiger partial charge in [0.15, 0.2) is 11.5 Å². The van der Waals surface area contributed by atoms with Gasteiger partial charge in [0.05, 0.1) is 0 Å². The van der Waals surface area contributed by atoms with Crippen LogP contribution in [0.3, 0.4) is 0 Å². The third-order valence-electron chi connectivity index (χ3n) is 1.89. The molecule has 17 heavy (non-hydrogen) atoms. The number of carbonyl (C=O) groups is 2. The first-order valence-electron chi connectivity index (χ1n) is 4.94. The standard InChI is InChI=1S/C12H12O4S/c13-6-1-7-17-12(16)5-3-9-2-4-10(14)11(15)8-9/h2-6,8,14-15H,1,7H2/b5-3+. The molecule has 0 aromatic heterocycles. The average Bonchev–Trinajstić information content (AvgIpc) is 2.31. The zero-order valence-electron chi connectivity index (χ0n) is 9.00. The lowest BCUT2D eigenvalue weighted by atomic mass is 10.2. The third-order valence-corrected chi connectivity index (χ3v) is 2.75. The summed E-state index contributed by atoms with van der Waals surface area (Å²) in [5.74, 6) is 0.0371. The Morgan fingerprint density at radius 3 is 2.71 bits per heavy atom. The molecule has 0 unspecified atom stereocenters. The summed E-state index contributed by atoms with van der Waals surface area (Å²) in [5.41, 5.74) is 0.615. The van der Waals surface area contributed by atoms with E-state index in [1.807, 2.05) is 0 Å². The summed E-state index contributed by atoms with van der Waals surface area (Å²) in [7, 11) is 0. The lowest BCUT2D eigenvalue weighted by Crippen LogP contribution is -1.88. The van der Waals surface area contributed by atoms with E-state index in [-0.39, 0.29) is 16.6 Å². The summed E-state index contributed by atoms with van der Waals surface area (Å²) in [6.07, 6.45) is 4.02. The Balaban J connectivity index is 2.54. The summed E-state index contributed by atoms with van der Waals surface area (Å²) in [6, 6.07) is 4.28. The van der Waals surface area contributed by atoms with Crippen LogP contribution in [0.25, 0.3) is 6.08 Å². The Labute approximate surface area is 103 Å². The van der Waals surface area contributed by atoms with Gasteiger partial charge in [-0.05, 0) is 23.8 Å². The smallest absolute Gasteiger partial charge is 0.212 e. The van der Waals surface area contributed by atoms with Crippen LogP contribution in [-0.4, -0.2) is 27.4 Å². The van der Waals surface area contributed by atoms with Gasteiger partial charge in [-0.1, -0.05) is 23.9 Å². The van der Waals surface area contributed by atoms with Crippen LogP contribution < -0.4 is 0 Å². The maximum Gasteiger partial charge on any atom is 0.212 e. The van der Waals surface area contributed by atoms with E-state index in [1.54, 1.807) is 6.07 Å². The van der Waals surface area contributed by atoms with Crippen molar-refractivity contribution in [1.29, 1.82) is 0 Å². The van der Waals surface area contributed by atoms with Crippen molar-refractivity contribution in [1.82, 2.24) is 0 Å². The van der Waals surface area contributed by atoms with Gasteiger partial charge < -0.3 is 15.0 Å². The molecule has 0 aliphatic heterocycles. The summed E-state index contributed by atoms with van der Waals surface area (Å²) >= 11 is 1.06. The van der Waals surface area contributed by atoms with Crippen LogP contribution in [-0.2, 0) is 9.59 Å². The molecular formula is C12H12O4S. The number of aromatic hydroxyl groups is 2. The van der Waals surface area contributed by atoms with E-state index in [2.05, 4.69) is 0 Å². The van der Waals surface area contributed by atoms with Crippen LogP contribution in [0.1, 0.15) is 12.0 Å². The minimum Gasteiger partial charge on any atom is -0.504 e. The number of aldehydes is 1. The van der Waals surface area contributed by atoms with Crippen molar-refractivity contribution in [2.45, 2.75) is 6.42 Å². The van der Waals surface area contributed by atoms with Gasteiger partial charge in [-0.3, -0.25) is 4.79 Å². The number of hydrogen-bond acceptors (Lipinski definition) is 5. The van der Waals surface area contributed by atoms with Crippen LogP contribution >= 0.6 is 11.8 Å². The Bertz CT molecular complexity index is 440. The van der Waals surface area contributed by atoms with Gasteiger partial charge in [0, 0.05) is 12.2 Å². The average molecular weight is 252 g/mol. The molecule has 0 saturated carbocycles. The summed E-state index contributed by atoms with van der Waals surface area (Å²) in [5, 5.41) is 18.2. The summed E-state index contributed by atoms with van der Waals surface area (Å²) in [4.78, 5) is 21.3. The van der Waals surface area contributed by atoms with Crippen molar-refractivity contribution < 1.29 is 19.8 Å². The number of rotatable bonds is 5. The number of benzene rings is 1. The Morgan fingerprint density at radius 2 is 2.06 bits per heavy atom. The molecule has 0 aliphatic carbocycles. The van der Waals surface area contributed by atoms with Crippen LogP contribution in [0.4, 0.5) is 0 Å². The molecule has 90 valence electrons. The van der Waals surface area contributed by atoms with Crippen molar-refractivity contribution in [3.63, 3.8) is 0 Å². The van der Waals surface area contributed by atoms with Crippen molar-refractivity contribution >= 4 is 29.2 Å². The fourth-order valence-corrected chi connectivity index (χ4v) is 1.64. The number of carbonyl (C=O) groups excluding carboxylic acids is 2. The highest BCUT2D eigenvalue weighted by molar-refractivity contribution is 8.14. The predicted octanol–water partition coefficient (Wildman–Crippen LogP) is 1.96. The molecule has 1 rings (SSSR count). The maximum absolute atomic E-state index is 11.3. The number of phenolic OH excluding ortho intramolecular Hbond substituents is 2. The Kier molecular flexibility index (Phi) is 5.29. The normalized spacial score (nSPS) is 10.6. The van der Waals surface area contributed by atoms with E-state index in [0.717, 1.165) is 18.0 Å². The minimum absolute atomic E-state index is 0.153. The summed E-state index contributed by atoms with van der Waals surface area (Å²) < 4.78 is 0.